The number of imidazole rings is 1. The summed E-state index contributed by atoms with van der Waals surface area (Å²) in [5.74, 6) is 2.67. The number of rotatable bonds is 7. The van der Waals surface area contributed by atoms with Crippen LogP contribution in [0.25, 0.3) is 21.9 Å². The van der Waals surface area contributed by atoms with Crippen LogP contribution in [-0.4, -0.2) is 20.3 Å². The van der Waals surface area contributed by atoms with Crippen molar-refractivity contribution in [3.8, 4) is 0 Å². The van der Waals surface area contributed by atoms with Crippen LogP contribution in [0.4, 0.5) is 5.82 Å². The summed E-state index contributed by atoms with van der Waals surface area (Å²) in [6, 6.07) is 16.2. The van der Waals surface area contributed by atoms with Crippen LogP contribution >= 0.6 is 23.4 Å². The van der Waals surface area contributed by atoms with Crippen molar-refractivity contribution in [2.24, 2.45) is 0 Å². The third-order valence-corrected chi connectivity index (χ3v) is 6.21. The van der Waals surface area contributed by atoms with Crippen molar-refractivity contribution >= 4 is 51.1 Å². The van der Waals surface area contributed by atoms with Gasteiger partial charge in [0.15, 0.2) is 5.82 Å². The minimum absolute atomic E-state index is 0.514. The van der Waals surface area contributed by atoms with Gasteiger partial charge in [0, 0.05) is 28.3 Å². The molecule has 0 amide bonds. The van der Waals surface area contributed by atoms with Crippen LogP contribution in [0.1, 0.15) is 25.6 Å². The first-order valence-electron chi connectivity index (χ1n) is 9.59. The lowest BCUT2D eigenvalue weighted by molar-refractivity contribution is 0.623. The van der Waals surface area contributed by atoms with Crippen molar-refractivity contribution in [1.29, 1.82) is 0 Å². The molecule has 0 saturated carbocycles. The van der Waals surface area contributed by atoms with Crippen LogP contribution in [0.2, 0.25) is 5.02 Å². The van der Waals surface area contributed by atoms with E-state index in [1.807, 2.05) is 42.1 Å². The first-order chi connectivity index (χ1) is 13.7. The summed E-state index contributed by atoms with van der Waals surface area (Å²) >= 11 is 7.82. The number of thioether (sulfide) groups is 1. The molecule has 144 valence electrons. The van der Waals surface area contributed by atoms with Crippen LogP contribution in [0.15, 0.2) is 53.4 Å². The van der Waals surface area contributed by atoms with Gasteiger partial charge in [0.05, 0.1) is 11.0 Å². The molecule has 0 aliphatic carbocycles. The molecule has 4 aromatic rings. The Labute approximate surface area is 174 Å². The van der Waals surface area contributed by atoms with Crippen molar-refractivity contribution in [2.75, 3.05) is 11.5 Å². The summed E-state index contributed by atoms with van der Waals surface area (Å²) < 4.78 is 2.34. The molecular weight excluding hydrogens is 388 g/mol. The Morgan fingerprint density at radius 2 is 1.82 bits per heavy atom. The topological polar surface area (TPSA) is 56.7 Å². The first kappa shape index (κ1) is 19.1. The molecule has 2 heterocycles. The lowest BCUT2D eigenvalue weighted by Crippen LogP contribution is -2.04. The quantitative estimate of drug-likeness (QED) is 0.302. The Kier molecular flexibility index (Phi) is 5.74. The molecule has 4 nitrogen and oxygen atoms in total. The van der Waals surface area contributed by atoms with Crippen LogP contribution in [0, 0.1) is 0 Å². The van der Waals surface area contributed by atoms with Gasteiger partial charge in [0.25, 0.3) is 0 Å². The summed E-state index contributed by atoms with van der Waals surface area (Å²) in [5.41, 5.74) is 9.08. The van der Waals surface area contributed by atoms with Gasteiger partial charge >= 0.3 is 0 Å². The lowest BCUT2D eigenvalue weighted by atomic mass is 10.2. The van der Waals surface area contributed by atoms with Gasteiger partial charge in [-0.15, -0.1) is 11.8 Å². The lowest BCUT2D eigenvalue weighted by Gasteiger charge is -2.10. The predicted octanol–water partition coefficient (Wildman–Crippen LogP) is 5.96. The minimum Gasteiger partial charge on any atom is -0.382 e. The van der Waals surface area contributed by atoms with Crippen LogP contribution in [0.5, 0.6) is 0 Å². The number of para-hydroxylation sites is 1. The molecule has 2 aromatic carbocycles. The fraction of sp³-hybridized carbons (Fsp3) is 0.273. The van der Waals surface area contributed by atoms with E-state index in [0.29, 0.717) is 5.82 Å². The molecule has 28 heavy (non-hydrogen) atoms. The largest absolute Gasteiger partial charge is 0.382 e. The smallest absolute Gasteiger partial charge is 0.152 e. The van der Waals surface area contributed by atoms with E-state index in [1.165, 1.54) is 4.90 Å². The van der Waals surface area contributed by atoms with Gasteiger partial charge in [-0.3, -0.25) is 0 Å². The zero-order valence-electron chi connectivity index (χ0n) is 15.9. The van der Waals surface area contributed by atoms with E-state index in [1.54, 1.807) is 0 Å². The molecule has 0 unspecified atom stereocenters. The second kappa shape index (κ2) is 8.41. The molecule has 4 rings (SSSR count). The number of halogens is 1. The number of unbranched alkanes of at least 4 members (excludes halogenated alkanes) is 1. The number of pyridine rings is 1. The van der Waals surface area contributed by atoms with E-state index in [9.17, 15) is 0 Å². The number of nitrogens with two attached hydrogens (primary N) is 1. The highest BCUT2D eigenvalue weighted by Gasteiger charge is 2.15. The van der Waals surface area contributed by atoms with Gasteiger partial charge in [0.2, 0.25) is 0 Å². The first-order valence-corrected chi connectivity index (χ1v) is 11.0. The number of aryl methyl sites for hydroxylation is 2. The van der Waals surface area contributed by atoms with E-state index in [4.69, 9.17) is 22.3 Å². The zero-order chi connectivity index (χ0) is 19.5. The fourth-order valence-electron chi connectivity index (χ4n) is 3.51. The van der Waals surface area contributed by atoms with Crippen molar-refractivity contribution in [3.05, 3.63) is 59.4 Å². The molecule has 0 fully saturated rings. The molecule has 0 atom stereocenters. The maximum Gasteiger partial charge on any atom is 0.152 e. The molecule has 0 aliphatic rings. The molecular formula is C22H23ClN4S. The van der Waals surface area contributed by atoms with Gasteiger partial charge in [-0.1, -0.05) is 36.7 Å². The van der Waals surface area contributed by atoms with E-state index >= 15 is 0 Å². The fourth-order valence-corrected chi connectivity index (χ4v) is 4.55. The van der Waals surface area contributed by atoms with Crippen LogP contribution < -0.4 is 5.73 Å². The van der Waals surface area contributed by atoms with E-state index in [0.717, 1.165) is 64.3 Å². The molecule has 2 N–H and O–H groups in total. The van der Waals surface area contributed by atoms with Crippen LogP contribution in [0.3, 0.4) is 0 Å². The minimum atomic E-state index is 0.514. The molecule has 0 radical (unpaired) electrons. The third kappa shape index (κ3) is 3.82. The third-order valence-electron chi connectivity index (χ3n) is 4.86. The normalized spacial score (nSPS) is 11.5. The number of benzene rings is 2. The summed E-state index contributed by atoms with van der Waals surface area (Å²) in [6.07, 6.45) is 3.10. The Morgan fingerprint density at radius 3 is 2.61 bits per heavy atom. The van der Waals surface area contributed by atoms with E-state index in [-0.39, 0.29) is 0 Å². The monoisotopic (exact) mass is 410 g/mol. The van der Waals surface area contributed by atoms with Crippen LogP contribution in [-0.2, 0) is 13.0 Å². The summed E-state index contributed by atoms with van der Waals surface area (Å²) in [5, 5.41) is 1.90. The van der Waals surface area contributed by atoms with Gasteiger partial charge in [-0.25, -0.2) is 9.97 Å². The SMILES string of the molecule is CCc1nc2c(N)nc3ccccc3c2n1CCCCSc1ccc(Cl)cc1. The van der Waals surface area contributed by atoms with Gasteiger partial charge in [-0.05, 0) is 48.9 Å². The second-order valence-corrected chi connectivity index (χ2v) is 8.36. The summed E-state index contributed by atoms with van der Waals surface area (Å²) in [6.45, 7) is 3.08. The average Bonchev–Trinajstić information content (AvgIpc) is 3.09. The number of hydrogen-bond acceptors (Lipinski definition) is 4. The Balaban J connectivity index is 1.52. The maximum atomic E-state index is 6.21. The Hall–Kier alpha value is -2.24. The van der Waals surface area contributed by atoms with E-state index in [2.05, 4.69) is 34.7 Å². The van der Waals surface area contributed by atoms with Crippen molar-refractivity contribution in [1.82, 2.24) is 14.5 Å². The van der Waals surface area contributed by atoms with E-state index < -0.39 is 0 Å². The maximum absolute atomic E-state index is 6.21. The highest BCUT2D eigenvalue weighted by molar-refractivity contribution is 7.99. The Bertz CT molecular complexity index is 1110. The Morgan fingerprint density at radius 1 is 1.04 bits per heavy atom. The second-order valence-electron chi connectivity index (χ2n) is 6.75. The summed E-state index contributed by atoms with van der Waals surface area (Å²) in [4.78, 5) is 10.6. The molecule has 0 spiro atoms. The highest BCUT2D eigenvalue weighted by atomic mass is 35.5. The number of nitrogens with zero attached hydrogens (tertiary/aromatic N) is 3. The van der Waals surface area contributed by atoms with Crippen molar-refractivity contribution < 1.29 is 0 Å². The van der Waals surface area contributed by atoms with Crippen molar-refractivity contribution in [2.45, 2.75) is 37.6 Å². The summed E-state index contributed by atoms with van der Waals surface area (Å²) in [7, 11) is 0. The van der Waals surface area contributed by atoms with Gasteiger partial charge in [-0.2, -0.15) is 0 Å². The number of fused-ring (bicyclic) bond motifs is 3. The number of hydrogen-bond donors (Lipinski definition) is 1. The number of nitrogen functional groups attached to an aromatic ring is 1. The zero-order valence-corrected chi connectivity index (χ0v) is 17.4. The van der Waals surface area contributed by atoms with Gasteiger partial charge in [0.1, 0.15) is 11.3 Å². The van der Waals surface area contributed by atoms with Crippen molar-refractivity contribution in [3.63, 3.8) is 0 Å². The average molecular weight is 411 g/mol. The highest BCUT2D eigenvalue weighted by Crippen LogP contribution is 2.29. The molecule has 2 aromatic heterocycles. The standard InChI is InChI=1S/C22H23ClN4S/c1-2-19-26-20-21(17-7-3-4-8-18(17)25-22(20)24)27(19)13-5-6-14-28-16-11-9-15(23)10-12-16/h3-4,7-12H,2,5-6,13-14H2,1H3,(H2,24,25). The molecule has 0 bridgehead atoms. The molecule has 0 saturated heterocycles. The molecule has 0 aliphatic heterocycles. The van der Waals surface area contributed by atoms with Gasteiger partial charge < -0.3 is 10.3 Å². The number of anilines is 1. The molecule has 6 heteroatoms. The number of aromatic nitrogens is 3. The predicted molar refractivity (Wildman–Crippen MR) is 120 cm³/mol.